The van der Waals surface area contributed by atoms with Crippen LogP contribution in [-0.2, 0) is 4.74 Å². The molecule has 8 heteroatoms. The van der Waals surface area contributed by atoms with Crippen molar-refractivity contribution in [3.8, 4) is 11.5 Å². The Labute approximate surface area is 196 Å². The summed E-state index contributed by atoms with van der Waals surface area (Å²) in [5, 5.41) is 10.8. The third kappa shape index (κ3) is 4.18. The van der Waals surface area contributed by atoms with E-state index >= 15 is 0 Å². The predicted molar refractivity (Wildman–Crippen MR) is 125 cm³/mol. The zero-order valence-corrected chi connectivity index (χ0v) is 19.7. The molecule has 1 N–H and O–H groups in total. The van der Waals surface area contributed by atoms with E-state index in [4.69, 9.17) is 25.5 Å². The van der Waals surface area contributed by atoms with E-state index in [-0.39, 0.29) is 40.3 Å². The van der Waals surface area contributed by atoms with Crippen molar-refractivity contribution < 1.29 is 23.8 Å². The number of methoxy groups -OCH3 is 1. The molecule has 1 aliphatic heterocycles. The highest BCUT2D eigenvalue weighted by molar-refractivity contribution is 6.32. The average Bonchev–Trinajstić information content (AvgIpc) is 3.05. The molecule has 2 heterocycles. The third-order valence-corrected chi connectivity index (χ3v) is 6.17. The highest BCUT2D eigenvalue weighted by Gasteiger charge is 2.42. The number of carbonyl (C=O) groups is 1. The van der Waals surface area contributed by atoms with Crippen LogP contribution in [0.5, 0.6) is 11.5 Å². The van der Waals surface area contributed by atoms with Crippen molar-refractivity contribution in [1.82, 2.24) is 4.90 Å². The largest absolute Gasteiger partial charge is 0.504 e. The van der Waals surface area contributed by atoms with Gasteiger partial charge in [-0.3, -0.25) is 9.59 Å². The molecule has 1 aromatic heterocycles. The Morgan fingerprint density at radius 1 is 1.21 bits per heavy atom. The molecule has 0 aliphatic carbocycles. The van der Waals surface area contributed by atoms with Crippen molar-refractivity contribution in [3.63, 3.8) is 0 Å². The summed E-state index contributed by atoms with van der Waals surface area (Å²) in [5.74, 6) is -0.120. The number of rotatable bonds is 7. The van der Waals surface area contributed by atoms with Crippen LogP contribution < -0.4 is 10.2 Å². The maximum atomic E-state index is 13.6. The number of ether oxygens (including phenoxy) is 2. The van der Waals surface area contributed by atoms with Crippen molar-refractivity contribution in [2.75, 3.05) is 20.3 Å². The van der Waals surface area contributed by atoms with Crippen LogP contribution in [0, 0.1) is 6.92 Å². The van der Waals surface area contributed by atoms with Crippen molar-refractivity contribution in [3.05, 3.63) is 68.0 Å². The van der Waals surface area contributed by atoms with E-state index in [1.54, 1.807) is 29.2 Å². The van der Waals surface area contributed by atoms with Crippen LogP contribution in [0.2, 0.25) is 5.02 Å². The third-order valence-electron chi connectivity index (χ3n) is 5.76. The molecule has 0 unspecified atom stereocenters. The predicted octanol–water partition coefficient (Wildman–Crippen LogP) is 4.83. The molecule has 4 rings (SSSR count). The van der Waals surface area contributed by atoms with Crippen molar-refractivity contribution in [2.45, 2.75) is 39.3 Å². The number of fused-ring (bicyclic) bond motifs is 2. The van der Waals surface area contributed by atoms with Crippen LogP contribution in [0.3, 0.4) is 0 Å². The average molecular weight is 472 g/mol. The van der Waals surface area contributed by atoms with Gasteiger partial charge < -0.3 is 23.9 Å². The zero-order chi connectivity index (χ0) is 23.9. The number of hydrogen-bond donors (Lipinski definition) is 1. The van der Waals surface area contributed by atoms with Gasteiger partial charge in [0.2, 0.25) is 5.76 Å². The molecule has 0 fully saturated rings. The zero-order valence-electron chi connectivity index (χ0n) is 19.0. The first kappa shape index (κ1) is 23.1. The first-order valence-electron chi connectivity index (χ1n) is 10.8. The number of phenols is 1. The summed E-state index contributed by atoms with van der Waals surface area (Å²) in [4.78, 5) is 28.6. The fourth-order valence-electron chi connectivity index (χ4n) is 4.14. The molecule has 174 valence electrons. The number of aryl methyl sites for hydroxylation is 1. The highest BCUT2D eigenvalue weighted by Crippen LogP contribution is 2.41. The van der Waals surface area contributed by atoms with Gasteiger partial charge in [-0.15, -0.1) is 0 Å². The Morgan fingerprint density at radius 2 is 1.97 bits per heavy atom. The molecular weight excluding hydrogens is 446 g/mol. The van der Waals surface area contributed by atoms with E-state index in [1.807, 2.05) is 20.8 Å². The molecular formula is C25H26ClNO6. The maximum Gasteiger partial charge on any atom is 0.290 e. The first-order valence-corrected chi connectivity index (χ1v) is 11.2. The van der Waals surface area contributed by atoms with Gasteiger partial charge in [0, 0.05) is 18.2 Å². The summed E-state index contributed by atoms with van der Waals surface area (Å²) in [6, 6.07) is 7.35. The van der Waals surface area contributed by atoms with Gasteiger partial charge in [0.25, 0.3) is 5.91 Å². The molecule has 33 heavy (non-hydrogen) atoms. The van der Waals surface area contributed by atoms with Crippen LogP contribution >= 0.6 is 11.6 Å². The molecule has 0 bridgehead atoms. The van der Waals surface area contributed by atoms with Gasteiger partial charge in [0.15, 0.2) is 16.9 Å². The van der Waals surface area contributed by atoms with E-state index in [1.165, 1.54) is 13.2 Å². The Kier molecular flexibility index (Phi) is 6.36. The second-order valence-electron chi connectivity index (χ2n) is 8.38. The SMILES string of the molecule is COc1cc([C@@H]2c3c(oc4cc(C)c(Cl)cc4c3=O)C(=O)N2CCCOC(C)C)ccc1O. The summed E-state index contributed by atoms with van der Waals surface area (Å²) in [5.41, 5.74) is 1.65. The van der Waals surface area contributed by atoms with Crippen LogP contribution in [0.1, 0.15) is 53.6 Å². The Hall–Kier alpha value is -3.03. The number of aromatic hydroxyl groups is 1. The standard InChI is InChI=1S/C25H26ClNO6/c1-13(2)32-9-5-8-27-22(15-6-7-18(28)20(11-15)31-4)21-23(29)16-12-17(26)14(3)10-19(16)33-24(21)25(27)30/h6-7,10-13,22,28H,5,8-9H2,1-4H3/t22-/m1/s1. The van der Waals surface area contributed by atoms with Crippen LogP contribution in [0.15, 0.2) is 39.5 Å². The summed E-state index contributed by atoms with van der Waals surface area (Å²) in [6.45, 7) is 6.54. The molecule has 0 radical (unpaired) electrons. The fourth-order valence-corrected chi connectivity index (χ4v) is 4.30. The monoisotopic (exact) mass is 471 g/mol. The molecule has 0 saturated carbocycles. The molecule has 0 saturated heterocycles. The summed E-state index contributed by atoms with van der Waals surface area (Å²) in [7, 11) is 1.44. The molecule has 0 spiro atoms. The van der Waals surface area contributed by atoms with Crippen molar-refractivity contribution >= 4 is 28.5 Å². The lowest BCUT2D eigenvalue weighted by Gasteiger charge is -2.25. The van der Waals surface area contributed by atoms with Crippen molar-refractivity contribution in [2.24, 2.45) is 0 Å². The molecule has 1 amide bonds. The molecule has 1 atom stereocenters. The van der Waals surface area contributed by atoms with E-state index in [0.717, 1.165) is 5.56 Å². The number of benzene rings is 2. The maximum absolute atomic E-state index is 13.6. The van der Waals surface area contributed by atoms with Gasteiger partial charge in [0.1, 0.15) is 5.58 Å². The van der Waals surface area contributed by atoms with Gasteiger partial charge in [-0.2, -0.15) is 0 Å². The summed E-state index contributed by atoms with van der Waals surface area (Å²) >= 11 is 6.27. The molecule has 3 aromatic rings. The summed E-state index contributed by atoms with van der Waals surface area (Å²) in [6.07, 6.45) is 0.664. The first-order chi connectivity index (χ1) is 15.7. The minimum absolute atomic E-state index is 0.0241. The second kappa shape index (κ2) is 9.08. The van der Waals surface area contributed by atoms with Crippen LogP contribution in [0.4, 0.5) is 0 Å². The number of carbonyl (C=O) groups excluding carboxylic acids is 1. The van der Waals surface area contributed by atoms with E-state index in [0.29, 0.717) is 41.1 Å². The van der Waals surface area contributed by atoms with Gasteiger partial charge >= 0.3 is 0 Å². The van der Waals surface area contributed by atoms with Gasteiger partial charge in [-0.05, 0) is 62.6 Å². The van der Waals surface area contributed by atoms with Crippen LogP contribution in [-0.4, -0.2) is 42.3 Å². The van der Waals surface area contributed by atoms with Gasteiger partial charge in [-0.25, -0.2) is 0 Å². The minimum Gasteiger partial charge on any atom is -0.504 e. The second-order valence-corrected chi connectivity index (χ2v) is 8.78. The van der Waals surface area contributed by atoms with Crippen molar-refractivity contribution in [1.29, 1.82) is 0 Å². The minimum atomic E-state index is -0.693. The number of hydrogen-bond acceptors (Lipinski definition) is 6. The normalized spacial score (nSPS) is 15.5. The van der Waals surface area contributed by atoms with E-state index in [2.05, 4.69) is 0 Å². The van der Waals surface area contributed by atoms with E-state index in [9.17, 15) is 14.7 Å². The Balaban J connectivity index is 1.86. The molecule has 7 nitrogen and oxygen atoms in total. The lowest BCUT2D eigenvalue weighted by atomic mass is 9.97. The molecule has 1 aliphatic rings. The molecule has 2 aromatic carbocycles. The smallest absolute Gasteiger partial charge is 0.290 e. The topological polar surface area (TPSA) is 89.2 Å². The fraction of sp³-hybridized carbons (Fsp3) is 0.360. The Morgan fingerprint density at radius 3 is 2.67 bits per heavy atom. The number of phenolic OH excluding ortho intramolecular Hbond substituents is 1. The quantitative estimate of drug-likeness (QED) is 0.496. The van der Waals surface area contributed by atoms with Gasteiger partial charge in [0.05, 0.1) is 30.2 Å². The number of amides is 1. The van der Waals surface area contributed by atoms with Gasteiger partial charge in [-0.1, -0.05) is 17.7 Å². The Bertz CT molecular complexity index is 1280. The van der Waals surface area contributed by atoms with E-state index < -0.39 is 6.04 Å². The lowest BCUT2D eigenvalue weighted by Crippen LogP contribution is -2.31. The summed E-state index contributed by atoms with van der Waals surface area (Å²) < 4.78 is 16.9. The highest BCUT2D eigenvalue weighted by atomic mass is 35.5. The number of nitrogens with zero attached hydrogens (tertiary/aromatic N) is 1. The number of halogens is 1. The lowest BCUT2D eigenvalue weighted by molar-refractivity contribution is 0.0593. The van der Waals surface area contributed by atoms with Crippen LogP contribution in [0.25, 0.3) is 11.0 Å².